The number of ether oxygens (including phenoxy) is 1. The molecule has 0 fully saturated rings. The van der Waals surface area contributed by atoms with Crippen molar-refractivity contribution in [1.29, 1.82) is 0 Å². The van der Waals surface area contributed by atoms with E-state index in [2.05, 4.69) is 10.6 Å². The molecule has 0 amide bonds. The lowest BCUT2D eigenvalue weighted by atomic mass is 10.2. The van der Waals surface area contributed by atoms with Crippen molar-refractivity contribution in [2.24, 2.45) is 0 Å². The summed E-state index contributed by atoms with van der Waals surface area (Å²) < 4.78 is 4.78. The van der Waals surface area contributed by atoms with Gasteiger partial charge in [0.1, 0.15) is 0 Å². The fourth-order valence-corrected chi connectivity index (χ4v) is 1.12. The van der Waals surface area contributed by atoms with Crippen LogP contribution in [-0.2, 0) is 4.74 Å². The number of aliphatic hydroxyl groups is 2. The van der Waals surface area contributed by atoms with Crippen molar-refractivity contribution < 1.29 is 14.9 Å². The molecule has 0 aliphatic carbocycles. The Labute approximate surface area is 85.5 Å². The molecule has 0 rings (SSSR count). The molecule has 0 bridgehead atoms. The minimum atomic E-state index is -0.422. The van der Waals surface area contributed by atoms with Crippen molar-refractivity contribution in [2.75, 3.05) is 40.4 Å². The third-order valence-corrected chi connectivity index (χ3v) is 1.83. The molecule has 0 saturated carbocycles. The number of likely N-dealkylation sites (N-methyl/N-ethyl adjacent to an activating group) is 1. The van der Waals surface area contributed by atoms with Gasteiger partial charge < -0.3 is 25.6 Å². The molecule has 0 aromatic rings. The number of aliphatic hydroxyl groups excluding tert-OH is 2. The van der Waals surface area contributed by atoms with Gasteiger partial charge in [-0.2, -0.15) is 0 Å². The summed E-state index contributed by atoms with van der Waals surface area (Å²) in [4.78, 5) is 0. The quantitative estimate of drug-likeness (QED) is 0.348. The summed E-state index contributed by atoms with van der Waals surface area (Å²) in [6.07, 6.45) is -0.159. The van der Waals surface area contributed by atoms with Crippen LogP contribution in [0, 0.1) is 0 Å². The Morgan fingerprint density at radius 2 is 1.93 bits per heavy atom. The van der Waals surface area contributed by atoms with Gasteiger partial charge in [-0.25, -0.2) is 0 Å². The van der Waals surface area contributed by atoms with Gasteiger partial charge in [-0.1, -0.05) is 0 Å². The Balaban J connectivity index is 3.19. The van der Waals surface area contributed by atoms with Crippen LogP contribution in [0.25, 0.3) is 0 Å². The molecule has 0 spiro atoms. The first-order chi connectivity index (χ1) is 6.70. The van der Waals surface area contributed by atoms with Crippen molar-refractivity contribution in [3.8, 4) is 0 Å². The highest BCUT2D eigenvalue weighted by molar-refractivity contribution is 4.62. The fourth-order valence-electron chi connectivity index (χ4n) is 1.12. The van der Waals surface area contributed by atoms with E-state index in [1.807, 2.05) is 0 Å². The molecule has 0 aromatic heterocycles. The zero-order chi connectivity index (χ0) is 10.8. The number of rotatable bonds is 9. The second-order valence-corrected chi connectivity index (χ2v) is 3.31. The van der Waals surface area contributed by atoms with Crippen LogP contribution < -0.4 is 10.6 Å². The van der Waals surface area contributed by atoms with E-state index in [4.69, 9.17) is 4.74 Å². The van der Waals surface area contributed by atoms with E-state index in [0.29, 0.717) is 32.7 Å². The van der Waals surface area contributed by atoms with Gasteiger partial charge in [0.25, 0.3) is 0 Å². The van der Waals surface area contributed by atoms with Gasteiger partial charge in [0.05, 0.1) is 18.8 Å². The molecule has 0 radical (unpaired) electrons. The van der Waals surface area contributed by atoms with E-state index >= 15 is 0 Å². The van der Waals surface area contributed by atoms with E-state index in [-0.39, 0.29) is 6.10 Å². The molecule has 2 unspecified atom stereocenters. The van der Waals surface area contributed by atoms with E-state index in [9.17, 15) is 10.2 Å². The molecule has 5 heteroatoms. The van der Waals surface area contributed by atoms with Gasteiger partial charge in [0.2, 0.25) is 0 Å². The van der Waals surface area contributed by atoms with Crippen molar-refractivity contribution in [2.45, 2.75) is 18.6 Å². The minimum absolute atomic E-state index is 0.362. The lowest BCUT2D eigenvalue weighted by Gasteiger charge is -2.13. The van der Waals surface area contributed by atoms with Gasteiger partial charge in [0.15, 0.2) is 0 Å². The zero-order valence-corrected chi connectivity index (χ0v) is 8.99. The van der Waals surface area contributed by atoms with Gasteiger partial charge in [-0.05, 0) is 20.0 Å². The number of nitrogens with one attached hydrogen (secondary N) is 2. The molecular formula is C9H22N2O3. The predicted molar refractivity (Wildman–Crippen MR) is 55.3 cm³/mol. The van der Waals surface area contributed by atoms with E-state index in [0.717, 1.165) is 0 Å². The second kappa shape index (κ2) is 9.36. The Kier molecular flexibility index (Phi) is 9.23. The summed E-state index contributed by atoms with van der Waals surface area (Å²) in [5.41, 5.74) is 0. The third-order valence-electron chi connectivity index (χ3n) is 1.83. The van der Waals surface area contributed by atoms with Crippen molar-refractivity contribution in [3.63, 3.8) is 0 Å². The fraction of sp³-hybridized carbons (Fsp3) is 1.00. The monoisotopic (exact) mass is 206 g/mol. The molecule has 0 heterocycles. The maximum absolute atomic E-state index is 9.31. The summed E-state index contributed by atoms with van der Waals surface area (Å²) in [5.74, 6) is 0. The van der Waals surface area contributed by atoms with Gasteiger partial charge in [-0.15, -0.1) is 0 Å². The van der Waals surface area contributed by atoms with Crippen LogP contribution in [0.1, 0.15) is 6.42 Å². The van der Waals surface area contributed by atoms with E-state index < -0.39 is 6.10 Å². The minimum Gasteiger partial charge on any atom is -0.391 e. The first-order valence-electron chi connectivity index (χ1n) is 4.91. The van der Waals surface area contributed by atoms with Crippen LogP contribution in [0.4, 0.5) is 0 Å². The lowest BCUT2D eigenvalue weighted by molar-refractivity contribution is 0.0587. The summed E-state index contributed by atoms with van der Waals surface area (Å²) in [5, 5.41) is 24.5. The Bertz CT molecular complexity index is 111. The highest BCUT2D eigenvalue weighted by Gasteiger charge is 2.04. The summed E-state index contributed by atoms with van der Waals surface area (Å²) in [6, 6.07) is 0. The molecule has 5 nitrogen and oxygen atoms in total. The van der Waals surface area contributed by atoms with Crippen LogP contribution in [0.5, 0.6) is 0 Å². The highest BCUT2D eigenvalue weighted by Crippen LogP contribution is 1.89. The van der Waals surface area contributed by atoms with E-state index in [1.165, 1.54) is 0 Å². The topological polar surface area (TPSA) is 73.8 Å². The number of methoxy groups -OCH3 is 1. The van der Waals surface area contributed by atoms with Crippen molar-refractivity contribution in [3.05, 3.63) is 0 Å². The maximum atomic E-state index is 9.31. The molecule has 86 valence electrons. The van der Waals surface area contributed by atoms with Crippen molar-refractivity contribution in [1.82, 2.24) is 10.6 Å². The predicted octanol–water partition coefficient (Wildman–Crippen LogP) is -1.45. The maximum Gasteiger partial charge on any atom is 0.0788 e. The lowest BCUT2D eigenvalue weighted by Crippen LogP contribution is -2.35. The van der Waals surface area contributed by atoms with E-state index in [1.54, 1.807) is 14.2 Å². The summed E-state index contributed by atoms with van der Waals surface area (Å²) in [7, 11) is 3.36. The van der Waals surface area contributed by atoms with Gasteiger partial charge >= 0.3 is 0 Å². The first kappa shape index (κ1) is 13.8. The van der Waals surface area contributed by atoms with Crippen LogP contribution >= 0.6 is 0 Å². The zero-order valence-electron chi connectivity index (χ0n) is 8.99. The summed E-state index contributed by atoms with van der Waals surface area (Å²) in [6.45, 7) is 2.17. The molecule has 0 saturated heterocycles. The molecule has 0 aliphatic heterocycles. The van der Waals surface area contributed by atoms with Crippen LogP contribution in [-0.4, -0.2) is 62.8 Å². The Morgan fingerprint density at radius 3 is 2.50 bits per heavy atom. The normalized spacial score (nSPS) is 15.4. The van der Waals surface area contributed by atoms with Gasteiger partial charge in [-0.3, -0.25) is 0 Å². The molecule has 4 N–H and O–H groups in total. The smallest absolute Gasteiger partial charge is 0.0788 e. The largest absolute Gasteiger partial charge is 0.391 e. The SMILES string of the molecule is CNCC(O)CNCCC(O)COC. The molecule has 0 aromatic carbocycles. The first-order valence-corrected chi connectivity index (χ1v) is 4.91. The number of hydrogen-bond acceptors (Lipinski definition) is 5. The standard InChI is InChI=1S/C9H22N2O3/c1-10-5-9(13)6-11-4-3-8(12)7-14-2/h8-13H,3-7H2,1-2H3. The molecule has 0 aliphatic rings. The molecule has 14 heavy (non-hydrogen) atoms. The number of hydrogen-bond donors (Lipinski definition) is 4. The third kappa shape index (κ3) is 8.40. The van der Waals surface area contributed by atoms with Crippen LogP contribution in [0.2, 0.25) is 0 Å². The van der Waals surface area contributed by atoms with Crippen LogP contribution in [0.3, 0.4) is 0 Å². The molecular weight excluding hydrogens is 184 g/mol. The van der Waals surface area contributed by atoms with Crippen LogP contribution in [0.15, 0.2) is 0 Å². The average molecular weight is 206 g/mol. The van der Waals surface area contributed by atoms with Crippen molar-refractivity contribution >= 4 is 0 Å². The Morgan fingerprint density at radius 1 is 1.21 bits per heavy atom. The van der Waals surface area contributed by atoms with Gasteiger partial charge in [0, 0.05) is 20.2 Å². The average Bonchev–Trinajstić information content (AvgIpc) is 2.13. The second-order valence-electron chi connectivity index (χ2n) is 3.31. The molecule has 2 atom stereocenters. The Hall–Kier alpha value is -0.200. The highest BCUT2D eigenvalue weighted by atomic mass is 16.5. The summed E-state index contributed by atoms with van der Waals surface area (Å²) >= 11 is 0.